The lowest BCUT2D eigenvalue weighted by molar-refractivity contribution is -0.222. The van der Waals surface area contributed by atoms with Crippen LogP contribution in [0.1, 0.15) is 36.4 Å². The maximum Gasteiger partial charge on any atom is 0.416 e. The topological polar surface area (TPSA) is 57.5 Å². The van der Waals surface area contributed by atoms with Crippen molar-refractivity contribution < 1.29 is 32.2 Å². The zero-order valence-corrected chi connectivity index (χ0v) is 16.7. The lowest BCUT2D eigenvalue weighted by atomic mass is 10.1. The van der Waals surface area contributed by atoms with Crippen molar-refractivity contribution in [3.63, 3.8) is 0 Å². The number of ether oxygens (including phenoxy) is 2. The van der Waals surface area contributed by atoms with Gasteiger partial charge >= 0.3 is 18.1 Å². The summed E-state index contributed by atoms with van der Waals surface area (Å²) >= 11 is 6.15. The fourth-order valence-corrected chi connectivity index (χ4v) is 3.30. The van der Waals surface area contributed by atoms with Gasteiger partial charge in [-0.1, -0.05) is 11.6 Å². The van der Waals surface area contributed by atoms with Gasteiger partial charge in [0.1, 0.15) is 5.57 Å². The molecule has 2 aromatic rings. The van der Waals surface area contributed by atoms with Crippen LogP contribution in [-0.4, -0.2) is 22.3 Å². The zero-order chi connectivity index (χ0) is 21.7. The van der Waals surface area contributed by atoms with Crippen molar-refractivity contribution in [1.29, 1.82) is 0 Å². The van der Waals surface area contributed by atoms with Gasteiger partial charge in [0.15, 0.2) is 0 Å². The van der Waals surface area contributed by atoms with Gasteiger partial charge in [0, 0.05) is 25.2 Å². The Bertz CT molecular complexity index is 1030. The van der Waals surface area contributed by atoms with E-state index >= 15 is 0 Å². The van der Waals surface area contributed by atoms with Crippen LogP contribution in [0.15, 0.2) is 29.8 Å². The van der Waals surface area contributed by atoms with Crippen molar-refractivity contribution in [3.05, 3.63) is 57.4 Å². The maximum absolute atomic E-state index is 13.1. The van der Waals surface area contributed by atoms with E-state index < -0.39 is 29.5 Å². The second-order valence-corrected chi connectivity index (χ2v) is 7.47. The van der Waals surface area contributed by atoms with Crippen LogP contribution in [0.2, 0.25) is 5.02 Å². The van der Waals surface area contributed by atoms with Crippen LogP contribution in [0, 0.1) is 13.8 Å². The molecule has 2 heterocycles. The molecule has 154 valence electrons. The normalized spacial score (nSPS) is 16.5. The van der Waals surface area contributed by atoms with E-state index in [1.54, 1.807) is 19.9 Å². The average Bonchev–Trinajstić information content (AvgIpc) is 2.83. The highest BCUT2D eigenvalue weighted by atomic mass is 35.5. The summed E-state index contributed by atoms with van der Waals surface area (Å²) in [5, 5.41) is 0.122. The molecule has 5 nitrogen and oxygen atoms in total. The molecule has 1 fully saturated rings. The molecule has 0 amide bonds. The van der Waals surface area contributed by atoms with Crippen molar-refractivity contribution in [2.45, 2.75) is 39.7 Å². The Balaban J connectivity index is 2.10. The molecule has 0 radical (unpaired) electrons. The van der Waals surface area contributed by atoms with Crippen molar-refractivity contribution in [1.82, 2.24) is 4.57 Å². The number of hydrogen-bond donors (Lipinski definition) is 0. The molecule has 1 aliphatic rings. The van der Waals surface area contributed by atoms with Crippen LogP contribution >= 0.6 is 11.6 Å². The van der Waals surface area contributed by atoms with Gasteiger partial charge in [-0.15, -0.1) is 0 Å². The molecule has 0 N–H and O–H groups in total. The summed E-state index contributed by atoms with van der Waals surface area (Å²) in [6.07, 6.45) is -3.23. The molecule has 1 aromatic heterocycles. The largest absolute Gasteiger partial charge is 0.419 e. The Morgan fingerprint density at radius 2 is 1.66 bits per heavy atom. The number of cyclic esters (lactones) is 2. The Morgan fingerprint density at radius 3 is 2.21 bits per heavy atom. The number of esters is 2. The molecular formula is C20H17ClF3NO4. The highest BCUT2D eigenvalue weighted by Crippen LogP contribution is 2.35. The number of nitrogens with zero attached hydrogens (tertiary/aromatic N) is 1. The van der Waals surface area contributed by atoms with E-state index in [2.05, 4.69) is 0 Å². The first kappa shape index (κ1) is 21.0. The highest BCUT2D eigenvalue weighted by Gasteiger charge is 2.39. The molecule has 1 aliphatic heterocycles. The summed E-state index contributed by atoms with van der Waals surface area (Å²) < 4.78 is 51.0. The predicted octanol–water partition coefficient (Wildman–Crippen LogP) is 4.99. The summed E-state index contributed by atoms with van der Waals surface area (Å²) in [6, 6.07) is 4.65. The lowest BCUT2D eigenvalue weighted by Gasteiger charge is -2.29. The first-order valence-corrected chi connectivity index (χ1v) is 8.92. The fourth-order valence-electron chi connectivity index (χ4n) is 3.10. The van der Waals surface area contributed by atoms with E-state index in [0.29, 0.717) is 17.0 Å². The monoisotopic (exact) mass is 427 g/mol. The molecule has 1 aromatic carbocycles. The Labute approximate surface area is 169 Å². The number of aromatic nitrogens is 1. The van der Waals surface area contributed by atoms with Crippen LogP contribution in [0.25, 0.3) is 11.8 Å². The van der Waals surface area contributed by atoms with Crippen LogP contribution < -0.4 is 0 Å². The smallest absolute Gasteiger partial charge is 0.416 e. The summed E-state index contributed by atoms with van der Waals surface area (Å²) in [5.41, 5.74) is 0.483. The Morgan fingerprint density at radius 1 is 1.07 bits per heavy atom. The molecular weight excluding hydrogens is 411 g/mol. The van der Waals surface area contributed by atoms with Gasteiger partial charge in [-0.05, 0) is 49.8 Å². The number of rotatable bonds is 2. The van der Waals surface area contributed by atoms with Crippen molar-refractivity contribution >= 4 is 29.6 Å². The minimum Gasteiger partial charge on any atom is -0.419 e. The number of aryl methyl sites for hydroxylation is 1. The van der Waals surface area contributed by atoms with Crippen LogP contribution in [0.5, 0.6) is 0 Å². The van der Waals surface area contributed by atoms with Gasteiger partial charge < -0.3 is 14.0 Å². The second kappa shape index (κ2) is 6.95. The predicted molar refractivity (Wildman–Crippen MR) is 99.5 cm³/mol. The highest BCUT2D eigenvalue weighted by molar-refractivity contribution is 6.32. The van der Waals surface area contributed by atoms with Crippen molar-refractivity contribution in [3.8, 4) is 5.69 Å². The summed E-state index contributed by atoms with van der Waals surface area (Å²) in [4.78, 5) is 24.3. The molecule has 9 heteroatoms. The van der Waals surface area contributed by atoms with Crippen LogP contribution in [0.4, 0.5) is 13.2 Å². The summed E-state index contributed by atoms with van der Waals surface area (Å²) in [5.74, 6) is -3.05. The molecule has 3 rings (SSSR count). The third kappa shape index (κ3) is 4.03. The SMILES string of the molecule is Cc1cc(C=C2C(=O)OC(C)(C)OC2=O)c(C)n1-c1cc(C(F)(F)F)ccc1Cl. The van der Waals surface area contributed by atoms with Gasteiger partial charge in [-0.25, -0.2) is 9.59 Å². The summed E-state index contributed by atoms with van der Waals surface area (Å²) in [7, 11) is 0. The number of carbonyl (C=O) groups is 2. The van der Waals surface area contributed by atoms with E-state index in [9.17, 15) is 22.8 Å². The third-order valence-electron chi connectivity index (χ3n) is 4.40. The molecule has 29 heavy (non-hydrogen) atoms. The first-order valence-electron chi connectivity index (χ1n) is 8.54. The van der Waals surface area contributed by atoms with E-state index in [0.717, 1.165) is 12.1 Å². The molecule has 0 saturated carbocycles. The van der Waals surface area contributed by atoms with Crippen molar-refractivity contribution in [2.24, 2.45) is 0 Å². The average molecular weight is 428 g/mol. The van der Waals surface area contributed by atoms with Gasteiger partial charge in [0.05, 0.1) is 16.3 Å². The number of halogens is 4. The second-order valence-electron chi connectivity index (χ2n) is 7.06. The number of benzene rings is 1. The number of carbonyl (C=O) groups excluding carboxylic acids is 2. The van der Waals surface area contributed by atoms with Crippen LogP contribution in [0.3, 0.4) is 0 Å². The Hall–Kier alpha value is -2.74. The summed E-state index contributed by atoms with van der Waals surface area (Å²) in [6.45, 7) is 6.17. The minimum atomic E-state index is -4.53. The van der Waals surface area contributed by atoms with Gasteiger partial charge in [-0.3, -0.25) is 0 Å². The molecule has 0 spiro atoms. The van der Waals surface area contributed by atoms with Crippen LogP contribution in [-0.2, 0) is 25.2 Å². The van der Waals surface area contributed by atoms with Crippen molar-refractivity contribution in [2.75, 3.05) is 0 Å². The maximum atomic E-state index is 13.1. The van der Waals surface area contributed by atoms with E-state index in [1.807, 2.05) is 0 Å². The van der Waals surface area contributed by atoms with Gasteiger partial charge in [0.2, 0.25) is 0 Å². The molecule has 0 aliphatic carbocycles. The van der Waals surface area contributed by atoms with Gasteiger partial charge in [0.25, 0.3) is 5.79 Å². The quantitative estimate of drug-likeness (QED) is 0.385. The first-order chi connectivity index (χ1) is 13.3. The third-order valence-corrected chi connectivity index (χ3v) is 4.72. The van der Waals surface area contributed by atoms with Gasteiger partial charge in [-0.2, -0.15) is 13.2 Å². The van der Waals surface area contributed by atoms with E-state index in [1.165, 1.54) is 30.6 Å². The molecule has 0 atom stereocenters. The minimum absolute atomic E-state index is 0.122. The Kier molecular flexibility index (Phi) is 5.03. The molecule has 0 unspecified atom stereocenters. The molecule has 1 saturated heterocycles. The standard InChI is InChI=1S/C20H17ClF3NO4/c1-10-7-12(8-14-17(26)28-19(3,4)29-18(14)27)11(2)25(10)16-9-13(20(22,23)24)5-6-15(16)21/h5-9H,1-4H3. The zero-order valence-electron chi connectivity index (χ0n) is 16.0. The number of alkyl halides is 3. The fraction of sp³-hybridized carbons (Fsp3) is 0.300. The number of hydrogen-bond acceptors (Lipinski definition) is 4. The van der Waals surface area contributed by atoms with E-state index in [-0.39, 0.29) is 16.3 Å². The van der Waals surface area contributed by atoms with E-state index in [4.69, 9.17) is 21.1 Å². The lowest BCUT2D eigenvalue weighted by Crippen LogP contribution is -2.41. The molecule has 0 bridgehead atoms.